The van der Waals surface area contributed by atoms with Crippen molar-refractivity contribution < 1.29 is 4.79 Å². The Hall–Kier alpha value is -0.840. The van der Waals surface area contributed by atoms with Crippen molar-refractivity contribution in [2.24, 2.45) is 5.92 Å². The Balaban J connectivity index is 3.72. The van der Waals surface area contributed by atoms with Gasteiger partial charge in [-0.1, -0.05) is 13.8 Å². The third-order valence-corrected chi connectivity index (χ3v) is 1.92. The molecule has 0 aliphatic heterocycles. The topological polar surface area (TPSA) is 40.9 Å². The van der Waals surface area contributed by atoms with E-state index in [-0.39, 0.29) is 11.7 Å². The summed E-state index contributed by atoms with van der Waals surface area (Å²) in [4.78, 5) is 11.2. The van der Waals surface area contributed by atoms with Crippen molar-refractivity contribution in [3.63, 3.8) is 0 Å². The van der Waals surface area contributed by atoms with Gasteiger partial charge in [-0.05, 0) is 12.8 Å². The Labute approximate surface area is 68.2 Å². The molecule has 0 heterocycles. The zero-order chi connectivity index (χ0) is 8.69. The molecule has 0 aromatic rings. The molecule has 0 saturated carbocycles. The SMILES string of the molecule is CCC(CC)C(=O)CCC#N. The van der Waals surface area contributed by atoms with Crippen molar-refractivity contribution in [3.05, 3.63) is 0 Å². The summed E-state index contributed by atoms with van der Waals surface area (Å²) >= 11 is 0. The van der Waals surface area contributed by atoms with Crippen LogP contribution in [0.15, 0.2) is 0 Å². The van der Waals surface area contributed by atoms with Crippen molar-refractivity contribution in [2.45, 2.75) is 39.5 Å². The summed E-state index contributed by atoms with van der Waals surface area (Å²) in [6.07, 6.45) is 2.61. The van der Waals surface area contributed by atoms with Gasteiger partial charge in [0.1, 0.15) is 5.78 Å². The van der Waals surface area contributed by atoms with Crippen LogP contribution in [0.5, 0.6) is 0 Å². The molecule has 0 bridgehead atoms. The second-order valence-corrected chi connectivity index (χ2v) is 2.64. The van der Waals surface area contributed by atoms with Gasteiger partial charge in [-0.3, -0.25) is 4.79 Å². The first-order valence-corrected chi connectivity index (χ1v) is 4.15. The van der Waals surface area contributed by atoms with E-state index in [2.05, 4.69) is 0 Å². The predicted octanol–water partition coefficient (Wildman–Crippen LogP) is 2.30. The van der Waals surface area contributed by atoms with Gasteiger partial charge in [-0.2, -0.15) is 5.26 Å². The van der Waals surface area contributed by atoms with Crippen LogP contribution >= 0.6 is 0 Å². The fourth-order valence-electron chi connectivity index (χ4n) is 1.13. The van der Waals surface area contributed by atoms with E-state index in [1.807, 2.05) is 19.9 Å². The van der Waals surface area contributed by atoms with Gasteiger partial charge >= 0.3 is 0 Å². The number of hydrogen-bond donors (Lipinski definition) is 0. The molecule has 0 rings (SSSR count). The number of hydrogen-bond acceptors (Lipinski definition) is 2. The Morgan fingerprint density at radius 2 is 2.00 bits per heavy atom. The molecule has 0 saturated heterocycles. The average molecular weight is 153 g/mol. The van der Waals surface area contributed by atoms with Crippen LogP contribution in [0, 0.1) is 17.2 Å². The molecule has 0 amide bonds. The summed E-state index contributed by atoms with van der Waals surface area (Å²) in [6.45, 7) is 4.02. The summed E-state index contributed by atoms with van der Waals surface area (Å²) in [6, 6.07) is 1.98. The molecule has 0 aromatic carbocycles. The highest BCUT2D eigenvalue weighted by Crippen LogP contribution is 2.11. The van der Waals surface area contributed by atoms with E-state index in [1.165, 1.54) is 0 Å². The van der Waals surface area contributed by atoms with Gasteiger partial charge in [-0.15, -0.1) is 0 Å². The van der Waals surface area contributed by atoms with Crippen molar-refractivity contribution in [2.75, 3.05) is 0 Å². The molecule has 0 unspecified atom stereocenters. The molecule has 2 heteroatoms. The molecule has 0 atom stereocenters. The third kappa shape index (κ3) is 3.77. The van der Waals surface area contributed by atoms with E-state index in [0.29, 0.717) is 12.8 Å². The Kier molecular flexibility index (Phi) is 5.46. The van der Waals surface area contributed by atoms with Crippen molar-refractivity contribution >= 4 is 5.78 Å². The first-order valence-electron chi connectivity index (χ1n) is 4.15. The number of ketones is 1. The van der Waals surface area contributed by atoms with Crippen LogP contribution in [0.1, 0.15) is 39.5 Å². The highest BCUT2D eigenvalue weighted by Gasteiger charge is 2.12. The van der Waals surface area contributed by atoms with Crippen molar-refractivity contribution in [3.8, 4) is 6.07 Å². The second-order valence-electron chi connectivity index (χ2n) is 2.64. The van der Waals surface area contributed by atoms with E-state index in [1.54, 1.807) is 0 Å². The zero-order valence-electron chi connectivity index (χ0n) is 7.26. The fraction of sp³-hybridized carbons (Fsp3) is 0.778. The maximum absolute atomic E-state index is 11.2. The summed E-state index contributed by atoms with van der Waals surface area (Å²) in [7, 11) is 0. The Bertz CT molecular complexity index is 153. The van der Waals surface area contributed by atoms with Crippen LogP contribution in [0.25, 0.3) is 0 Å². The van der Waals surface area contributed by atoms with Crippen LogP contribution < -0.4 is 0 Å². The zero-order valence-corrected chi connectivity index (χ0v) is 7.26. The molecule has 2 nitrogen and oxygen atoms in total. The van der Waals surface area contributed by atoms with E-state index in [9.17, 15) is 4.79 Å². The summed E-state index contributed by atoms with van der Waals surface area (Å²) < 4.78 is 0. The van der Waals surface area contributed by atoms with Crippen molar-refractivity contribution in [1.29, 1.82) is 5.26 Å². The van der Waals surface area contributed by atoms with Crippen LogP contribution in [0.2, 0.25) is 0 Å². The molecule has 0 aliphatic rings. The monoisotopic (exact) mass is 153 g/mol. The Morgan fingerprint density at radius 1 is 1.45 bits per heavy atom. The van der Waals surface area contributed by atoms with Gasteiger partial charge in [0.2, 0.25) is 0 Å². The number of nitriles is 1. The van der Waals surface area contributed by atoms with Crippen LogP contribution in [0.4, 0.5) is 0 Å². The molecule has 62 valence electrons. The van der Waals surface area contributed by atoms with Gasteiger partial charge in [0, 0.05) is 18.8 Å². The lowest BCUT2D eigenvalue weighted by Gasteiger charge is -2.08. The van der Waals surface area contributed by atoms with Crippen LogP contribution in [-0.2, 0) is 4.79 Å². The molecule has 0 spiro atoms. The molecule has 0 radical (unpaired) electrons. The molecular formula is C9H15NO. The van der Waals surface area contributed by atoms with Crippen LogP contribution in [-0.4, -0.2) is 5.78 Å². The highest BCUT2D eigenvalue weighted by atomic mass is 16.1. The van der Waals surface area contributed by atoms with Gasteiger partial charge in [-0.25, -0.2) is 0 Å². The largest absolute Gasteiger partial charge is 0.299 e. The van der Waals surface area contributed by atoms with Crippen molar-refractivity contribution in [1.82, 2.24) is 0 Å². The number of carbonyl (C=O) groups is 1. The maximum Gasteiger partial charge on any atom is 0.136 e. The average Bonchev–Trinajstić information content (AvgIpc) is 2.03. The normalized spacial score (nSPS) is 9.64. The van der Waals surface area contributed by atoms with E-state index in [4.69, 9.17) is 5.26 Å². The quantitative estimate of drug-likeness (QED) is 0.608. The lowest BCUT2D eigenvalue weighted by Crippen LogP contribution is -2.11. The smallest absolute Gasteiger partial charge is 0.136 e. The van der Waals surface area contributed by atoms with E-state index < -0.39 is 0 Å². The summed E-state index contributed by atoms with van der Waals surface area (Å²) in [5.41, 5.74) is 0. The highest BCUT2D eigenvalue weighted by molar-refractivity contribution is 5.81. The van der Waals surface area contributed by atoms with Gasteiger partial charge in [0.25, 0.3) is 0 Å². The number of carbonyl (C=O) groups excluding carboxylic acids is 1. The van der Waals surface area contributed by atoms with Crippen LogP contribution in [0.3, 0.4) is 0 Å². The first-order chi connectivity index (χ1) is 5.26. The lowest BCUT2D eigenvalue weighted by atomic mass is 9.95. The number of Topliss-reactive ketones (excluding diaryl/α,β-unsaturated/α-hetero) is 1. The van der Waals surface area contributed by atoms with Gasteiger partial charge in [0.15, 0.2) is 0 Å². The minimum Gasteiger partial charge on any atom is -0.299 e. The molecule has 11 heavy (non-hydrogen) atoms. The first kappa shape index (κ1) is 10.2. The minimum atomic E-state index is 0.184. The molecule has 0 N–H and O–H groups in total. The number of nitrogens with zero attached hydrogens (tertiary/aromatic N) is 1. The van der Waals surface area contributed by atoms with Gasteiger partial charge < -0.3 is 0 Å². The number of rotatable bonds is 5. The maximum atomic E-state index is 11.2. The predicted molar refractivity (Wildman–Crippen MR) is 43.9 cm³/mol. The van der Waals surface area contributed by atoms with Gasteiger partial charge in [0.05, 0.1) is 6.07 Å². The lowest BCUT2D eigenvalue weighted by molar-refractivity contribution is -0.122. The van der Waals surface area contributed by atoms with E-state index >= 15 is 0 Å². The third-order valence-electron chi connectivity index (χ3n) is 1.92. The summed E-state index contributed by atoms with van der Waals surface area (Å²) in [5.74, 6) is 0.430. The molecule has 0 fully saturated rings. The Morgan fingerprint density at radius 3 is 2.36 bits per heavy atom. The van der Waals surface area contributed by atoms with E-state index in [0.717, 1.165) is 12.8 Å². The summed E-state index contributed by atoms with van der Waals surface area (Å²) in [5, 5.41) is 8.24. The second kappa shape index (κ2) is 5.91. The molecule has 0 aliphatic carbocycles. The molecular weight excluding hydrogens is 138 g/mol. The standard InChI is InChI=1S/C9H15NO/c1-3-8(4-2)9(11)6-5-7-10/h8H,3-6H2,1-2H3. The minimum absolute atomic E-state index is 0.184. The fourth-order valence-corrected chi connectivity index (χ4v) is 1.13. The molecule has 0 aromatic heterocycles.